The van der Waals surface area contributed by atoms with Crippen LogP contribution in [0.3, 0.4) is 0 Å². The lowest BCUT2D eigenvalue weighted by Gasteiger charge is -2.11. The highest BCUT2D eigenvalue weighted by atomic mass is 19.1. The van der Waals surface area contributed by atoms with Crippen molar-refractivity contribution in [3.05, 3.63) is 83.8 Å². The average Bonchev–Trinajstić information content (AvgIpc) is 2.69. The van der Waals surface area contributed by atoms with Crippen LogP contribution in [0, 0.1) is 5.82 Å². The van der Waals surface area contributed by atoms with Crippen molar-refractivity contribution in [3.63, 3.8) is 0 Å². The number of hydrogen-bond donors (Lipinski definition) is 2. The van der Waals surface area contributed by atoms with Crippen LogP contribution in [0.4, 0.5) is 10.1 Å². The van der Waals surface area contributed by atoms with Gasteiger partial charge in [-0.15, -0.1) is 0 Å². The molecular formula is C21H18FN3O3. The lowest BCUT2D eigenvalue weighted by atomic mass is 10.2. The van der Waals surface area contributed by atoms with Gasteiger partial charge in [0.25, 0.3) is 5.91 Å². The van der Waals surface area contributed by atoms with E-state index in [2.05, 4.69) is 15.6 Å². The highest BCUT2D eigenvalue weighted by molar-refractivity contribution is 5.96. The van der Waals surface area contributed by atoms with E-state index in [-0.39, 0.29) is 29.1 Å². The summed E-state index contributed by atoms with van der Waals surface area (Å²) in [4.78, 5) is 27.7. The molecule has 7 heteroatoms. The van der Waals surface area contributed by atoms with Gasteiger partial charge in [-0.05, 0) is 54.1 Å². The lowest BCUT2D eigenvalue weighted by molar-refractivity contribution is -0.114. The van der Waals surface area contributed by atoms with Gasteiger partial charge >= 0.3 is 0 Å². The van der Waals surface area contributed by atoms with Crippen molar-refractivity contribution in [1.29, 1.82) is 0 Å². The third-order valence-corrected chi connectivity index (χ3v) is 3.77. The van der Waals surface area contributed by atoms with E-state index in [9.17, 15) is 14.0 Å². The highest BCUT2D eigenvalue weighted by Gasteiger charge is 2.14. The number of nitrogens with zero attached hydrogens (tertiary/aromatic N) is 1. The molecule has 3 rings (SSSR count). The topological polar surface area (TPSA) is 80.3 Å². The van der Waals surface area contributed by atoms with E-state index in [1.807, 2.05) is 12.1 Å². The molecule has 0 bridgehead atoms. The molecule has 2 aromatic carbocycles. The Bertz CT molecular complexity index is 973. The van der Waals surface area contributed by atoms with E-state index in [1.165, 1.54) is 37.4 Å². The van der Waals surface area contributed by atoms with Crippen molar-refractivity contribution >= 4 is 17.5 Å². The third-order valence-electron chi connectivity index (χ3n) is 3.77. The molecule has 0 saturated carbocycles. The second-order valence-electron chi connectivity index (χ2n) is 5.97. The van der Waals surface area contributed by atoms with Crippen molar-refractivity contribution in [2.45, 2.75) is 13.5 Å². The van der Waals surface area contributed by atoms with Crippen LogP contribution < -0.4 is 15.4 Å². The molecule has 3 aromatic rings. The Morgan fingerprint density at radius 2 is 1.75 bits per heavy atom. The molecule has 6 nitrogen and oxygen atoms in total. The fraction of sp³-hybridized carbons (Fsp3) is 0.0952. The van der Waals surface area contributed by atoms with Crippen molar-refractivity contribution in [1.82, 2.24) is 10.3 Å². The van der Waals surface area contributed by atoms with Gasteiger partial charge < -0.3 is 15.4 Å². The van der Waals surface area contributed by atoms with Gasteiger partial charge in [-0.2, -0.15) is 0 Å². The van der Waals surface area contributed by atoms with Gasteiger partial charge in [0.1, 0.15) is 17.1 Å². The van der Waals surface area contributed by atoms with E-state index in [1.54, 1.807) is 24.3 Å². The summed E-state index contributed by atoms with van der Waals surface area (Å²) in [5.74, 6) is -0.367. The van der Waals surface area contributed by atoms with Gasteiger partial charge in [-0.1, -0.05) is 12.1 Å². The van der Waals surface area contributed by atoms with Crippen LogP contribution in [0.5, 0.6) is 11.6 Å². The van der Waals surface area contributed by atoms with Gasteiger partial charge in [0.2, 0.25) is 11.8 Å². The molecule has 0 spiro atoms. The van der Waals surface area contributed by atoms with E-state index in [4.69, 9.17) is 4.74 Å². The summed E-state index contributed by atoms with van der Waals surface area (Å²) in [5.41, 5.74) is 1.82. The van der Waals surface area contributed by atoms with Gasteiger partial charge in [-0.25, -0.2) is 9.37 Å². The Labute approximate surface area is 161 Å². The second-order valence-corrected chi connectivity index (χ2v) is 5.97. The summed E-state index contributed by atoms with van der Waals surface area (Å²) in [5, 5.41) is 5.49. The van der Waals surface area contributed by atoms with E-state index in [0.29, 0.717) is 18.0 Å². The zero-order valence-electron chi connectivity index (χ0n) is 15.1. The Hall–Kier alpha value is -3.74. The first-order valence-electron chi connectivity index (χ1n) is 8.54. The number of rotatable bonds is 6. The number of carbonyl (C=O) groups is 2. The molecular weight excluding hydrogens is 361 g/mol. The van der Waals surface area contributed by atoms with E-state index >= 15 is 0 Å². The van der Waals surface area contributed by atoms with Crippen LogP contribution in [0.15, 0.2) is 66.9 Å². The molecule has 2 amide bonds. The van der Waals surface area contributed by atoms with Crippen LogP contribution in [0.1, 0.15) is 22.8 Å². The van der Waals surface area contributed by atoms with Gasteiger partial charge in [-0.3, -0.25) is 9.59 Å². The van der Waals surface area contributed by atoms with Gasteiger partial charge in [0.15, 0.2) is 0 Å². The number of carbonyl (C=O) groups excluding carboxylic acids is 2. The van der Waals surface area contributed by atoms with Crippen molar-refractivity contribution in [3.8, 4) is 11.6 Å². The summed E-state index contributed by atoms with van der Waals surface area (Å²) in [7, 11) is 0. The SMILES string of the molecule is CC(=O)Nc1ccc(CNC(=O)c2cccnc2Oc2ccc(F)cc2)cc1. The number of ether oxygens (including phenoxy) is 1. The standard InChI is InChI=1S/C21H18FN3O3/c1-14(26)25-17-8-4-15(5-9-17)13-24-20(27)19-3-2-12-23-21(19)28-18-10-6-16(22)7-11-18/h2-12H,13H2,1H3,(H,24,27)(H,25,26). The van der Waals surface area contributed by atoms with E-state index in [0.717, 1.165) is 5.56 Å². The minimum atomic E-state index is -0.379. The molecule has 0 radical (unpaired) electrons. The third kappa shape index (κ3) is 5.14. The molecule has 28 heavy (non-hydrogen) atoms. The predicted octanol–water partition coefficient (Wildman–Crippen LogP) is 3.90. The molecule has 142 valence electrons. The quantitative estimate of drug-likeness (QED) is 0.681. The first-order chi connectivity index (χ1) is 13.5. The highest BCUT2D eigenvalue weighted by Crippen LogP contribution is 2.23. The van der Waals surface area contributed by atoms with Crippen LogP contribution in [0.25, 0.3) is 0 Å². The van der Waals surface area contributed by atoms with Gasteiger partial charge in [0, 0.05) is 25.4 Å². The molecule has 0 saturated heterocycles. The smallest absolute Gasteiger partial charge is 0.257 e. The molecule has 1 heterocycles. The van der Waals surface area contributed by atoms with E-state index < -0.39 is 0 Å². The summed E-state index contributed by atoms with van der Waals surface area (Å²) < 4.78 is 18.6. The summed E-state index contributed by atoms with van der Waals surface area (Å²) in [6.07, 6.45) is 1.51. The molecule has 0 atom stereocenters. The fourth-order valence-corrected chi connectivity index (χ4v) is 2.45. The molecule has 0 aliphatic heterocycles. The number of hydrogen-bond acceptors (Lipinski definition) is 4. The second kappa shape index (κ2) is 8.77. The van der Waals surface area contributed by atoms with Crippen LogP contribution >= 0.6 is 0 Å². The normalized spacial score (nSPS) is 10.2. The molecule has 1 aromatic heterocycles. The predicted molar refractivity (Wildman–Crippen MR) is 103 cm³/mol. The fourth-order valence-electron chi connectivity index (χ4n) is 2.45. The van der Waals surface area contributed by atoms with Gasteiger partial charge in [0.05, 0.1) is 0 Å². The Balaban J connectivity index is 1.66. The van der Waals surface area contributed by atoms with Crippen molar-refractivity contribution < 1.29 is 18.7 Å². The number of aromatic nitrogens is 1. The monoisotopic (exact) mass is 379 g/mol. The number of benzene rings is 2. The molecule has 0 aliphatic rings. The minimum absolute atomic E-state index is 0.132. The molecule has 0 aliphatic carbocycles. The number of nitrogens with one attached hydrogen (secondary N) is 2. The largest absolute Gasteiger partial charge is 0.438 e. The minimum Gasteiger partial charge on any atom is -0.438 e. The summed E-state index contributed by atoms with van der Waals surface area (Å²) in [6.45, 7) is 1.73. The zero-order chi connectivity index (χ0) is 19.9. The van der Waals surface area contributed by atoms with Crippen molar-refractivity contribution in [2.75, 3.05) is 5.32 Å². The number of pyridine rings is 1. The molecule has 0 fully saturated rings. The first-order valence-corrected chi connectivity index (χ1v) is 8.54. The zero-order valence-corrected chi connectivity index (χ0v) is 15.1. The first kappa shape index (κ1) is 19.0. The van der Waals surface area contributed by atoms with Crippen LogP contribution in [0.2, 0.25) is 0 Å². The summed E-state index contributed by atoms with van der Waals surface area (Å²) >= 11 is 0. The maximum absolute atomic E-state index is 13.0. The molecule has 0 unspecified atom stereocenters. The Morgan fingerprint density at radius 1 is 1.04 bits per heavy atom. The number of amides is 2. The average molecular weight is 379 g/mol. The molecule has 2 N–H and O–H groups in total. The Morgan fingerprint density at radius 3 is 2.43 bits per heavy atom. The van der Waals surface area contributed by atoms with Crippen LogP contribution in [-0.4, -0.2) is 16.8 Å². The van der Waals surface area contributed by atoms with Crippen molar-refractivity contribution in [2.24, 2.45) is 0 Å². The lowest BCUT2D eigenvalue weighted by Crippen LogP contribution is -2.23. The van der Waals surface area contributed by atoms with Crippen LogP contribution in [-0.2, 0) is 11.3 Å². The summed E-state index contributed by atoms with van der Waals surface area (Å²) in [6, 6.07) is 15.8. The maximum atomic E-state index is 13.0. The number of halogens is 1. The Kier molecular flexibility index (Phi) is 5.96. The maximum Gasteiger partial charge on any atom is 0.257 e. The number of anilines is 1.